The number of hydrogen-bond donors (Lipinski definition) is 1. The topological polar surface area (TPSA) is 37.3 Å². The van der Waals surface area contributed by atoms with E-state index in [1.165, 1.54) is 0 Å². The second kappa shape index (κ2) is 4.32. The minimum Gasteiger partial charge on any atom is -0.481 e. The van der Waals surface area contributed by atoms with E-state index >= 15 is 0 Å². The van der Waals surface area contributed by atoms with E-state index in [1.54, 1.807) is 0 Å². The van der Waals surface area contributed by atoms with Crippen molar-refractivity contribution >= 4 is 37.8 Å². The number of carboxylic acid groups (broad SMARTS) is 1. The second-order valence-electron chi connectivity index (χ2n) is 1.35. The van der Waals surface area contributed by atoms with Crippen LogP contribution in [0.5, 0.6) is 0 Å². The SMILES string of the molecule is O=C(O)C[C@H](Br)CBr. The third-order valence-electron chi connectivity index (χ3n) is 0.564. The van der Waals surface area contributed by atoms with Crippen LogP contribution >= 0.6 is 31.9 Å². The van der Waals surface area contributed by atoms with Crippen LogP contribution in [0.15, 0.2) is 0 Å². The summed E-state index contributed by atoms with van der Waals surface area (Å²) in [4.78, 5) is 9.97. The summed E-state index contributed by atoms with van der Waals surface area (Å²) in [5.41, 5.74) is 0. The van der Waals surface area contributed by atoms with Crippen LogP contribution in [0.3, 0.4) is 0 Å². The van der Waals surface area contributed by atoms with Gasteiger partial charge in [0.05, 0.1) is 6.42 Å². The Balaban J connectivity index is 3.24. The largest absolute Gasteiger partial charge is 0.481 e. The van der Waals surface area contributed by atoms with Crippen molar-refractivity contribution in [2.75, 3.05) is 5.33 Å². The maximum absolute atomic E-state index is 9.92. The number of aliphatic carboxylic acids is 1. The molecule has 0 aromatic rings. The summed E-state index contributed by atoms with van der Waals surface area (Å²) in [7, 11) is 0. The van der Waals surface area contributed by atoms with Crippen LogP contribution < -0.4 is 0 Å². The highest BCUT2D eigenvalue weighted by Gasteiger charge is 2.05. The summed E-state index contributed by atoms with van der Waals surface area (Å²) in [6, 6.07) is 0. The first-order chi connectivity index (χ1) is 3.66. The van der Waals surface area contributed by atoms with Crippen molar-refractivity contribution in [3.63, 3.8) is 0 Å². The summed E-state index contributed by atoms with van der Waals surface area (Å²) < 4.78 is 0. The highest BCUT2D eigenvalue weighted by molar-refractivity contribution is 9.12. The molecule has 0 aromatic carbocycles. The Hall–Kier alpha value is 0.430. The summed E-state index contributed by atoms with van der Waals surface area (Å²) in [6.07, 6.45) is 0.172. The zero-order chi connectivity index (χ0) is 6.57. The number of alkyl halides is 2. The van der Waals surface area contributed by atoms with Gasteiger partial charge in [-0.05, 0) is 0 Å². The van der Waals surface area contributed by atoms with E-state index < -0.39 is 5.97 Å². The molecule has 0 radical (unpaired) electrons. The maximum atomic E-state index is 9.92. The average molecular weight is 246 g/mol. The van der Waals surface area contributed by atoms with Gasteiger partial charge < -0.3 is 5.11 Å². The van der Waals surface area contributed by atoms with E-state index in [4.69, 9.17) is 5.11 Å². The Morgan fingerprint density at radius 1 is 1.75 bits per heavy atom. The Morgan fingerprint density at radius 2 is 2.25 bits per heavy atom. The van der Waals surface area contributed by atoms with E-state index in [9.17, 15) is 4.79 Å². The summed E-state index contributed by atoms with van der Waals surface area (Å²) in [6.45, 7) is 0. The summed E-state index contributed by atoms with van der Waals surface area (Å²) in [5.74, 6) is -0.772. The standard InChI is InChI=1S/C4H6Br2O2/c5-2-3(6)1-4(7)8/h3H,1-2H2,(H,7,8)/t3-/m0/s1. The van der Waals surface area contributed by atoms with Crippen molar-refractivity contribution in [3.05, 3.63) is 0 Å². The van der Waals surface area contributed by atoms with Crippen molar-refractivity contribution < 1.29 is 9.90 Å². The van der Waals surface area contributed by atoms with E-state index in [1.807, 2.05) is 0 Å². The van der Waals surface area contributed by atoms with Crippen LogP contribution in [0, 0.1) is 0 Å². The molecule has 0 aromatic heterocycles. The van der Waals surface area contributed by atoms with E-state index in [0.29, 0.717) is 5.33 Å². The van der Waals surface area contributed by atoms with Crippen molar-refractivity contribution in [3.8, 4) is 0 Å². The lowest BCUT2D eigenvalue weighted by atomic mass is 10.3. The molecule has 0 saturated heterocycles. The fourth-order valence-corrected chi connectivity index (χ4v) is 0.750. The number of carbonyl (C=O) groups is 1. The molecule has 1 atom stereocenters. The first kappa shape index (κ1) is 8.43. The second-order valence-corrected chi connectivity index (χ2v) is 3.29. The van der Waals surface area contributed by atoms with Gasteiger partial charge in [-0.2, -0.15) is 0 Å². The molecule has 4 heteroatoms. The quantitative estimate of drug-likeness (QED) is 0.768. The maximum Gasteiger partial charge on any atom is 0.304 e. The Kier molecular flexibility index (Phi) is 4.56. The lowest BCUT2D eigenvalue weighted by molar-refractivity contribution is -0.136. The fourth-order valence-electron chi connectivity index (χ4n) is 0.244. The molecule has 0 bridgehead atoms. The zero-order valence-corrected chi connectivity index (χ0v) is 7.27. The molecule has 0 aliphatic carbocycles. The van der Waals surface area contributed by atoms with Gasteiger partial charge in [-0.3, -0.25) is 4.79 Å². The summed E-state index contributed by atoms with van der Waals surface area (Å²) >= 11 is 6.28. The first-order valence-electron chi connectivity index (χ1n) is 2.08. The van der Waals surface area contributed by atoms with Gasteiger partial charge in [0.2, 0.25) is 0 Å². The molecule has 0 saturated carbocycles. The number of rotatable bonds is 3. The van der Waals surface area contributed by atoms with Gasteiger partial charge in [0.25, 0.3) is 0 Å². The molecule has 0 amide bonds. The third-order valence-corrected chi connectivity index (χ3v) is 2.86. The smallest absolute Gasteiger partial charge is 0.304 e. The molecule has 1 N–H and O–H groups in total. The molecule has 0 aliphatic rings. The zero-order valence-electron chi connectivity index (χ0n) is 4.10. The first-order valence-corrected chi connectivity index (χ1v) is 4.12. The van der Waals surface area contributed by atoms with E-state index in [-0.39, 0.29) is 11.2 Å². The predicted molar refractivity (Wildman–Crippen MR) is 38.8 cm³/mol. The molecular weight excluding hydrogens is 240 g/mol. The van der Waals surface area contributed by atoms with Crippen molar-refractivity contribution in [2.45, 2.75) is 11.2 Å². The van der Waals surface area contributed by atoms with Gasteiger partial charge in [0.15, 0.2) is 0 Å². The Morgan fingerprint density at radius 3 is 2.38 bits per heavy atom. The molecular formula is C4H6Br2O2. The van der Waals surface area contributed by atoms with Gasteiger partial charge in [0.1, 0.15) is 0 Å². The number of carboxylic acids is 1. The number of hydrogen-bond acceptors (Lipinski definition) is 1. The van der Waals surface area contributed by atoms with Crippen LogP contribution in [-0.4, -0.2) is 21.2 Å². The molecule has 0 aliphatic heterocycles. The van der Waals surface area contributed by atoms with Gasteiger partial charge in [-0.25, -0.2) is 0 Å². The fraction of sp³-hybridized carbons (Fsp3) is 0.750. The Labute approximate surface area is 64.5 Å². The van der Waals surface area contributed by atoms with Crippen LogP contribution in [0.25, 0.3) is 0 Å². The van der Waals surface area contributed by atoms with Crippen LogP contribution in [0.4, 0.5) is 0 Å². The summed E-state index contributed by atoms with van der Waals surface area (Å²) in [5, 5.41) is 8.84. The molecule has 2 nitrogen and oxygen atoms in total. The van der Waals surface area contributed by atoms with Gasteiger partial charge >= 0.3 is 5.97 Å². The van der Waals surface area contributed by atoms with E-state index in [0.717, 1.165) is 0 Å². The van der Waals surface area contributed by atoms with Crippen molar-refractivity contribution in [1.29, 1.82) is 0 Å². The molecule has 48 valence electrons. The van der Waals surface area contributed by atoms with Crippen LogP contribution in [0.2, 0.25) is 0 Å². The van der Waals surface area contributed by atoms with Crippen molar-refractivity contribution in [1.82, 2.24) is 0 Å². The van der Waals surface area contributed by atoms with Crippen LogP contribution in [-0.2, 0) is 4.79 Å². The third kappa shape index (κ3) is 4.59. The molecule has 0 fully saturated rings. The predicted octanol–water partition coefficient (Wildman–Crippen LogP) is 1.62. The average Bonchev–Trinajstić information content (AvgIpc) is 1.65. The minimum absolute atomic E-state index is 0.0556. The van der Waals surface area contributed by atoms with Crippen LogP contribution in [0.1, 0.15) is 6.42 Å². The lowest BCUT2D eigenvalue weighted by Crippen LogP contribution is -2.06. The molecule has 0 unspecified atom stereocenters. The molecule has 8 heavy (non-hydrogen) atoms. The monoisotopic (exact) mass is 244 g/mol. The number of halogens is 2. The van der Waals surface area contributed by atoms with E-state index in [2.05, 4.69) is 31.9 Å². The molecule has 0 rings (SSSR count). The Bertz CT molecular complexity index is 84.1. The normalized spacial score (nSPS) is 13.2. The van der Waals surface area contributed by atoms with Gasteiger partial charge in [0, 0.05) is 10.2 Å². The van der Waals surface area contributed by atoms with Crippen molar-refractivity contribution in [2.24, 2.45) is 0 Å². The highest BCUT2D eigenvalue weighted by atomic mass is 79.9. The molecule has 0 spiro atoms. The molecule has 0 heterocycles. The highest BCUT2D eigenvalue weighted by Crippen LogP contribution is 2.07. The van der Waals surface area contributed by atoms with Gasteiger partial charge in [-0.1, -0.05) is 31.9 Å². The minimum atomic E-state index is -0.772. The lowest BCUT2D eigenvalue weighted by Gasteiger charge is -1.97. The van der Waals surface area contributed by atoms with Gasteiger partial charge in [-0.15, -0.1) is 0 Å².